The van der Waals surface area contributed by atoms with Crippen LogP contribution in [-0.4, -0.2) is 36.7 Å². The average Bonchev–Trinajstić information content (AvgIpc) is 2.59. The summed E-state index contributed by atoms with van der Waals surface area (Å²) in [6.07, 6.45) is 2.57. The lowest BCUT2D eigenvalue weighted by atomic mass is 9.56. The third kappa shape index (κ3) is 2.92. The van der Waals surface area contributed by atoms with Gasteiger partial charge < -0.3 is 19.0 Å². The second kappa shape index (κ2) is 6.73. The Hall–Kier alpha value is -1.98. The second-order valence-corrected chi connectivity index (χ2v) is 7.05. The van der Waals surface area contributed by atoms with Crippen LogP contribution < -0.4 is 0 Å². The van der Waals surface area contributed by atoms with Gasteiger partial charge in [-0.1, -0.05) is 43.3 Å². The summed E-state index contributed by atoms with van der Waals surface area (Å²) in [6, 6.07) is 9.86. The number of rotatable bonds is 6. The molecule has 1 aromatic carbocycles. The van der Waals surface area contributed by atoms with E-state index >= 15 is 0 Å². The molecule has 3 rings (SSSR count). The Kier molecular flexibility index (Phi) is 4.80. The van der Waals surface area contributed by atoms with Gasteiger partial charge in [0.25, 0.3) is 0 Å². The maximum atomic E-state index is 12.0. The summed E-state index contributed by atoms with van der Waals surface area (Å²) >= 11 is 0. The highest BCUT2D eigenvalue weighted by atomic mass is 16.6. The molecule has 5 heteroatoms. The molecule has 0 amide bonds. The molecule has 0 unspecified atom stereocenters. The smallest absolute Gasteiger partial charge is 0.303 e. The van der Waals surface area contributed by atoms with E-state index in [1.54, 1.807) is 6.08 Å². The van der Waals surface area contributed by atoms with Gasteiger partial charge in [0.05, 0.1) is 25.2 Å². The molecule has 5 nitrogen and oxygen atoms in total. The molecular formula is C20H24O5. The van der Waals surface area contributed by atoms with Crippen LogP contribution >= 0.6 is 0 Å². The number of fused-ring (bicyclic) bond motifs is 1. The van der Waals surface area contributed by atoms with Crippen molar-refractivity contribution < 1.29 is 23.8 Å². The van der Waals surface area contributed by atoms with E-state index in [-0.39, 0.29) is 18.8 Å². The zero-order valence-electron chi connectivity index (χ0n) is 14.6. The van der Waals surface area contributed by atoms with Crippen LogP contribution in [0, 0.1) is 11.3 Å². The summed E-state index contributed by atoms with van der Waals surface area (Å²) in [5.74, 6) is -0.968. The van der Waals surface area contributed by atoms with Crippen molar-refractivity contribution >= 4 is 12.3 Å². The molecule has 0 radical (unpaired) electrons. The quantitative estimate of drug-likeness (QED) is 0.451. The molecule has 1 aliphatic carbocycles. The molecule has 0 aromatic heterocycles. The van der Waals surface area contributed by atoms with E-state index < -0.39 is 22.9 Å². The van der Waals surface area contributed by atoms with Crippen LogP contribution in [0.2, 0.25) is 0 Å². The van der Waals surface area contributed by atoms with Crippen molar-refractivity contribution in [3.63, 3.8) is 0 Å². The third-order valence-corrected chi connectivity index (χ3v) is 5.58. The molecule has 0 N–H and O–H groups in total. The Balaban J connectivity index is 1.85. The summed E-state index contributed by atoms with van der Waals surface area (Å²) < 4.78 is 17.4. The molecule has 5 atom stereocenters. The van der Waals surface area contributed by atoms with E-state index in [2.05, 4.69) is 6.58 Å². The van der Waals surface area contributed by atoms with Gasteiger partial charge in [-0.15, -0.1) is 6.58 Å². The minimum absolute atomic E-state index is 0.232. The zero-order chi connectivity index (χ0) is 18.1. The first-order valence-corrected chi connectivity index (χ1v) is 8.52. The molecule has 2 aliphatic rings. The monoisotopic (exact) mass is 344 g/mol. The zero-order valence-corrected chi connectivity index (χ0v) is 14.6. The SMILES string of the molecule is C=C[C@]1(C)[C@@H](OCc2ccccc2)C[C@H]2OC[C@@]2(OC(C)=O)[C@H]1C=O. The topological polar surface area (TPSA) is 61.8 Å². The Morgan fingerprint density at radius 3 is 2.64 bits per heavy atom. The van der Waals surface area contributed by atoms with Gasteiger partial charge in [-0.05, 0) is 5.56 Å². The molecule has 0 bridgehead atoms. The number of ether oxygens (including phenoxy) is 3. The number of aldehydes is 1. The van der Waals surface area contributed by atoms with Crippen LogP contribution in [0.1, 0.15) is 25.8 Å². The van der Waals surface area contributed by atoms with Crippen molar-refractivity contribution in [2.75, 3.05) is 6.61 Å². The first-order valence-electron chi connectivity index (χ1n) is 8.52. The van der Waals surface area contributed by atoms with E-state index in [9.17, 15) is 9.59 Å². The van der Waals surface area contributed by atoms with Crippen LogP contribution in [0.3, 0.4) is 0 Å². The van der Waals surface area contributed by atoms with Crippen LogP contribution in [0.25, 0.3) is 0 Å². The maximum absolute atomic E-state index is 12.0. The Morgan fingerprint density at radius 1 is 1.40 bits per heavy atom. The van der Waals surface area contributed by atoms with Crippen molar-refractivity contribution in [1.82, 2.24) is 0 Å². The third-order valence-electron chi connectivity index (χ3n) is 5.58. The highest BCUT2D eigenvalue weighted by molar-refractivity contribution is 5.69. The number of hydrogen-bond acceptors (Lipinski definition) is 5. The summed E-state index contributed by atoms with van der Waals surface area (Å²) in [5, 5.41) is 0. The predicted molar refractivity (Wildman–Crippen MR) is 91.7 cm³/mol. The van der Waals surface area contributed by atoms with Gasteiger partial charge in [-0.25, -0.2) is 0 Å². The number of carbonyl (C=O) groups is 2. The summed E-state index contributed by atoms with van der Waals surface area (Å²) in [5.41, 5.74) is -0.502. The van der Waals surface area contributed by atoms with Crippen LogP contribution in [0.15, 0.2) is 43.0 Å². The number of esters is 1. The maximum Gasteiger partial charge on any atom is 0.303 e. The number of benzene rings is 1. The van der Waals surface area contributed by atoms with E-state index in [0.29, 0.717) is 13.0 Å². The van der Waals surface area contributed by atoms with Crippen molar-refractivity contribution in [3.05, 3.63) is 48.6 Å². The van der Waals surface area contributed by atoms with Gasteiger partial charge in [-0.3, -0.25) is 4.79 Å². The summed E-state index contributed by atoms with van der Waals surface area (Å²) in [4.78, 5) is 23.6. The molecule has 1 aromatic rings. The Labute approximate surface area is 148 Å². The van der Waals surface area contributed by atoms with Crippen molar-refractivity contribution in [2.45, 2.75) is 44.7 Å². The highest BCUT2D eigenvalue weighted by Gasteiger charge is 2.67. The first kappa shape index (κ1) is 17.8. The van der Waals surface area contributed by atoms with Gasteiger partial charge in [0, 0.05) is 18.8 Å². The molecule has 1 saturated heterocycles. The lowest BCUT2D eigenvalue weighted by molar-refractivity contribution is -0.311. The van der Waals surface area contributed by atoms with Gasteiger partial charge in [0.15, 0.2) is 5.60 Å². The Morgan fingerprint density at radius 2 is 2.12 bits per heavy atom. The molecular weight excluding hydrogens is 320 g/mol. The second-order valence-electron chi connectivity index (χ2n) is 7.05. The van der Waals surface area contributed by atoms with E-state index in [0.717, 1.165) is 11.8 Å². The average molecular weight is 344 g/mol. The van der Waals surface area contributed by atoms with Crippen molar-refractivity contribution in [2.24, 2.45) is 11.3 Å². The molecule has 1 heterocycles. The van der Waals surface area contributed by atoms with Crippen molar-refractivity contribution in [1.29, 1.82) is 0 Å². The molecule has 25 heavy (non-hydrogen) atoms. The largest absolute Gasteiger partial charge is 0.453 e. The molecule has 134 valence electrons. The lowest BCUT2D eigenvalue weighted by Gasteiger charge is -2.60. The van der Waals surface area contributed by atoms with Crippen LogP contribution in [-0.2, 0) is 30.4 Å². The molecule has 1 aliphatic heterocycles. The van der Waals surface area contributed by atoms with E-state index in [1.807, 2.05) is 37.3 Å². The van der Waals surface area contributed by atoms with Crippen LogP contribution in [0.4, 0.5) is 0 Å². The molecule has 2 fully saturated rings. The minimum Gasteiger partial charge on any atom is -0.453 e. The van der Waals surface area contributed by atoms with Crippen molar-refractivity contribution in [3.8, 4) is 0 Å². The standard InChI is InChI=1S/C20H24O5/c1-4-19(3)16(11-21)20(25-14(2)22)13-24-18(20)10-17(19)23-12-15-8-6-5-7-9-15/h4-9,11,16-18H,1,10,12-13H2,2-3H3/t16-,17-,18+,19-,20+/m0/s1. The fourth-order valence-electron chi connectivity index (χ4n) is 4.06. The predicted octanol–water partition coefficient (Wildman–Crippen LogP) is 2.68. The minimum atomic E-state index is -0.914. The van der Waals surface area contributed by atoms with E-state index in [1.165, 1.54) is 6.92 Å². The Bertz CT molecular complexity index is 657. The molecule has 1 saturated carbocycles. The van der Waals surface area contributed by atoms with Crippen LogP contribution in [0.5, 0.6) is 0 Å². The van der Waals surface area contributed by atoms with Gasteiger partial charge in [0.1, 0.15) is 12.4 Å². The first-order chi connectivity index (χ1) is 12.0. The summed E-state index contributed by atoms with van der Waals surface area (Å²) in [7, 11) is 0. The van der Waals surface area contributed by atoms with E-state index in [4.69, 9.17) is 14.2 Å². The normalized spacial score (nSPS) is 36.6. The highest BCUT2D eigenvalue weighted by Crippen LogP contribution is 2.54. The fourth-order valence-corrected chi connectivity index (χ4v) is 4.06. The van der Waals surface area contributed by atoms with Gasteiger partial charge >= 0.3 is 5.97 Å². The number of carbonyl (C=O) groups excluding carboxylic acids is 2. The van der Waals surface area contributed by atoms with Gasteiger partial charge in [-0.2, -0.15) is 0 Å². The summed E-state index contributed by atoms with van der Waals surface area (Å²) in [6.45, 7) is 7.90. The lowest BCUT2D eigenvalue weighted by Crippen LogP contribution is -2.73. The van der Waals surface area contributed by atoms with Gasteiger partial charge in [0.2, 0.25) is 0 Å². The molecule has 0 spiro atoms. The number of hydrogen-bond donors (Lipinski definition) is 0. The fraction of sp³-hybridized carbons (Fsp3) is 0.500.